The van der Waals surface area contributed by atoms with Crippen LogP contribution in [-0.2, 0) is 16.1 Å². The molecule has 1 aromatic carbocycles. The molecule has 0 aromatic heterocycles. The van der Waals surface area contributed by atoms with Crippen LogP contribution in [0.5, 0.6) is 0 Å². The number of benzene rings is 1. The maximum Gasteiger partial charge on any atom is 0.238 e. The Hall–Kier alpha value is -1.63. The van der Waals surface area contributed by atoms with Crippen molar-refractivity contribution in [2.24, 2.45) is 5.73 Å². The Balaban J connectivity index is 0.00000242. The summed E-state index contributed by atoms with van der Waals surface area (Å²) in [6.07, 6.45) is 1.82. The van der Waals surface area contributed by atoms with E-state index in [1.54, 1.807) is 7.05 Å². The van der Waals surface area contributed by atoms with Gasteiger partial charge < -0.3 is 16.4 Å². The molecule has 1 unspecified atom stereocenters. The first-order chi connectivity index (χ1) is 10.1. The summed E-state index contributed by atoms with van der Waals surface area (Å²) in [5.41, 5.74) is 7.25. The summed E-state index contributed by atoms with van der Waals surface area (Å²) in [5.74, 6) is -0.336. The maximum absolute atomic E-state index is 11.6. The van der Waals surface area contributed by atoms with E-state index in [0.29, 0.717) is 6.54 Å². The first-order valence-corrected chi connectivity index (χ1v) is 7.17. The van der Waals surface area contributed by atoms with Crippen molar-refractivity contribution in [2.75, 3.05) is 25.5 Å². The zero-order valence-corrected chi connectivity index (χ0v) is 13.5. The molecule has 1 aromatic rings. The molecule has 6 nitrogen and oxygen atoms in total. The summed E-state index contributed by atoms with van der Waals surface area (Å²) in [7, 11) is 1.73. The molecule has 122 valence electrons. The predicted molar refractivity (Wildman–Crippen MR) is 88.9 cm³/mol. The number of nitrogens with one attached hydrogen (secondary N) is 2. The highest BCUT2D eigenvalue weighted by Crippen LogP contribution is 2.21. The van der Waals surface area contributed by atoms with Gasteiger partial charge in [-0.25, -0.2) is 0 Å². The molecule has 1 heterocycles. The number of hydrogen-bond acceptors (Lipinski definition) is 4. The molecular formula is C15H23ClN4O2. The minimum absolute atomic E-state index is 0. The van der Waals surface area contributed by atoms with E-state index >= 15 is 0 Å². The second-order valence-electron chi connectivity index (χ2n) is 5.31. The molecule has 2 rings (SSSR count). The highest BCUT2D eigenvalue weighted by Gasteiger charge is 2.28. The summed E-state index contributed by atoms with van der Waals surface area (Å²) >= 11 is 0. The van der Waals surface area contributed by atoms with Crippen LogP contribution in [0, 0.1) is 0 Å². The second-order valence-corrected chi connectivity index (χ2v) is 5.31. The van der Waals surface area contributed by atoms with Crippen molar-refractivity contribution in [3.8, 4) is 0 Å². The number of carbonyl (C=O) groups excluding carboxylic acids is 2. The van der Waals surface area contributed by atoms with Gasteiger partial charge >= 0.3 is 0 Å². The minimum atomic E-state index is -0.258. The Morgan fingerprint density at radius 2 is 2.18 bits per heavy atom. The predicted octanol–water partition coefficient (Wildman–Crippen LogP) is 0.716. The van der Waals surface area contributed by atoms with E-state index in [-0.39, 0.29) is 36.8 Å². The molecule has 1 aliphatic rings. The lowest BCUT2D eigenvalue weighted by molar-refractivity contribution is -0.122. The third-order valence-corrected chi connectivity index (χ3v) is 3.63. The van der Waals surface area contributed by atoms with Gasteiger partial charge in [0.15, 0.2) is 0 Å². The third kappa shape index (κ3) is 4.98. The number of amides is 2. The van der Waals surface area contributed by atoms with Crippen molar-refractivity contribution < 1.29 is 9.59 Å². The third-order valence-electron chi connectivity index (χ3n) is 3.63. The van der Waals surface area contributed by atoms with Crippen LogP contribution in [-0.4, -0.2) is 42.9 Å². The molecule has 0 aliphatic carbocycles. The van der Waals surface area contributed by atoms with Gasteiger partial charge in [-0.15, -0.1) is 12.4 Å². The zero-order chi connectivity index (χ0) is 15.2. The molecular weight excluding hydrogens is 304 g/mol. The largest absolute Gasteiger partial charge is 0.368 e. The van der Waals surface area contributed by atoms with E-state index in [1.165, 1.54) is 0 Å². The van der Waals surface area contributed by atoms with Gasteiger partial charge in [0.2, 0.25) is 11.8 Å². The number of halogens is 1. The minimum Gasteiger partial charge on any atom is -0.368 e. The summed E-state index contributed by atoms with van der Waals surface area (Å²) in [6.45, 7) is 1.83. The van der Waals surface area contributed by atoms with Crippen LogP contribution < -0.4 is 16.4 Å². The molecule has 1 atom stereocenters. The van der Waals surface area contributed by atoms with Gasteiger partial charge in [0.25, 0.3) is 0 Å². The van der Waals surface area contributed by atoms with Crippen molar-refractivity contribution >= 4 is 29.9 Å². The monoisotopic (exact) mass is 326 g/mol. The van der Waals surface area contributed by atoms with Gasteiger partial charge in [-0.2, -0.15) is 0 Å². The molecule has 1 saturated heterocycles. The Kier molecular flexibility index (Phi) is 7.31. The van der Waals surface area contributed by atoms with Crippen molar-refractivity contribution in [3.05, 3.63) is 29.8 Å². The normalized spacial score (nSPS) is 17.8. The molecule has 7 heteroatoms. The number of rotatable bonds is 6. The van der Waals surface area contributed by atoms with Crippen molar-refractivity contribution in [1.82, 2.24) is 10.2 Å². The molecule has 22 heavy (non-hydrogen) atoms. The van der Waals surface area contributed by atoms with E-state index in [1.807, 2.05) is 24.3 Å². The van der Waals surface area contributed by atoms with Crippen LogP contribution in [0.15, 0.2) is 24.3 Å². The Labute approximate surface area is 136 Å². The SMILES string of the molecule is CNCC(=O)Nc1cccc(CN2CCCC2C(N)=O)c1.Cl. The molecule has 0 saturated carbocycles. The van der Waals surface area contributed by atoms with Gasteiger partial charge in [-0.05, 0) is 44.1 Å². The molecule has 0 spiro atoms. The number of primary amides is 1. The van der Waals surface area contributed by atoms with Crippen LogP contribution in [0.25, 0.3) is 0 Å². The lowest BCUT2D eigenvalue weighted by Crippen LogP contribution is -2.39. The zero-order valence-electron chi connectivity index (χ0n) is 12.7. The van der Waals surface area contributed by atoms with Crippen molar-refractivity contribution in [1.29, 1.82) is 0 Å². The lowest BCUT2D eigenvalue weighted by atomic mass is 10.1. The fourth-order valence-electron chi connectivity index (χ4n) is 2.69. The quantitative estimate of drug-likeness (QED) is 0.718. The summed E-state index contributed by atoms with van der Waals surface area (Å²) in [4.78, 5) is 25.1. The number of hydrogen-bond donors (Lipinski definition) is 3. The van der Waals surface area contributed by atoms with E-state index in [9.17, 15) is 9.59 Å². The number of carbonyl (C=O) groups is 2. The number of likely N-dealkylation sites (tertiary alicyclic amines) is 1. The van der Waals surface area contributed by atoms with Gasteiger partial charge in [0.1, 0.15) is 0 Å². The summed E-state index contributed by atoms with van der Waals surface area (Å²) < 4.78 is 0. The van der Waals surface area contributed by atoms with E-state index < -0.39 is 0 Å². The highest BCUT2D eigenvalue weighted by molar-refractivity contribution is 5.92. The van der Waals surface area contributed by atoms with Crippen LogP contribution in [0.3, 0.4) is 0 Å². The Morgan fingerprint density at radius 1 is 1.41 bits per heavy atom. The topological polar surface area (TPSA) is 87.5 Å². The van der Waals surface area contributed by atoms with Gasteiger partial charge in [-0.1, -0.05) is 12.1 Å². The molecule has 0 bridgehead atoms. The van der Waals surface area contributed by atoms with Crippen LogP contribution in [0.2, 0.25) is 0 Å². The standard InChI is InChI=1S/C15H22N4O2.ClH/c1-17-9-14(20)18-12-5-2-4-11(8-12)10-19-7-3-6-13(19)15(16)21;/h2,4-5,8,13,17H,3,6-7,9-10H2,1H3,(H2,16,21)(H,18,20);1H. The maximum atomic E-state index is 11.6. The van der Waals surface area contributed by atoms with E-state index in [2.05, 4.69) is 15.5 Å². The number of nitrogens with zero attached hydrogens (tertiary/aromatic N) is 1. The van der Waals surface area contributed by atoms with Crippen molar-refractivity contribution in [3.63, 3.8) is 0 Å². The smallest absolute Gasteiger partial charge is 0.238 e. The first kappa shape index (κ1) is 18.4. The van der Waals surface area contributed by atoms with Crippen LogP contribution >= 0.6 is 12.4 Å². The summed E-state index contributed by atoms with van der Waals surface area (Å²) in [5, 5.41) is 5.64. The lowest BCUT2D eigenvalue weighted by Gasteiger charge is -2.22. The molecule has 2 amide bonds. The average molecular weight is 327 g/mol. The number of nitrogens with two attached hydrogens (primary N) is 1. The first-order valence-electron chi connectivity index (χ1n) is 7.17. The fourth-order valence-corrected chi connectivity index (χ4v) is 2.69. The molecule has 0 radical (unpaired) electrons. The van der Waals surface area contributed by atoms with E-state index in [4.69, 9.17) is 5.73 Å². The Morgan fingerprint density at radius 3 is 2.86 bits per heavy atom. The van der Waals surface area contributed by atoms with Crippen LogP contribution in [0.4, 0.5) is 5.69 Å². The van der Waals surface area contributed by atoms with Crippen molar-refractivity contribution in [2.45, 2.75) is 25.4 Å². The Bertz CT molecular complexity index is 524. The van der Waals surface area contributed by atoms with Gasteiger partial charge in [0.05, 0.1) is 12.6 Å². The number of likely N-dealkylation sites (N-methyl/N-ethyl adjacent to an activating group) is 1. The molecule has 1 fully saturated rings. The molecule has 1 aliphatic heterocycles. The van der Waals surface area contributed by atoms with Crippen LogP contribution in [0.1, 0.15) is 18.4 Å². The summed E-state index contributed by atoms with van der Waals surface area (Å²) in [6, 6.07) is 7.51. The molecule has 4 N–H and O–H groups in total. The van der Waals surface area contributed by atoms with Gasteiger partial charge in [-0.3, -0.25) is 14.5 Å². The van der Waals surface area contributed by atoms with E-state index in [0.717, 1.165) is 30.6 Å². The average Bonchev–Trinajstić information content (AvgIpc) is 2.87. The fraction of sp³-hybridized carbons (Fsp3) is 0.467. The van der Waals surface area contributed by atoms with Gasteiger partial charge in [0, 0.05) is 12.2 Å². The number of anilines is 1. The second kappa shape index (κ2) is 8.73. The highest BCUT2D eigenvalue weighted by atomic mass is 35.5.